The Morgan fingerprint density at radius 2 is 1.29 bits per heavy atom. The van der Waals surface area contributed by atoms with Crippen molar-refractivity contribution in [3.8, 4) is 40.1 Å². The van der Waals surface area contributed by atoms with Gasteiger partial charge in [0.1, 0.15) is 0 Å². The number of nitrogens with zero attached hydrogens (tertiary/aromatic N) is 3. The van der Waals surface area contributed by atoms with Gasteiger partial charge in [0, 0.05) is 41.9 Å². The second kappa shape index (κ2) is 9.16. The molecule has 0 radical (unpaired) electrons. The molecule has 9 rings (SSSR count). The van der Waals surface area contributed by atoms with Crippen molar-refractivity contribution in [2.45, 2.75) is 19.3 Å². The number of hydrogen-bond donors (Lipinski definition) is 0. The molecule has 0 amide bonds. The van der Waals surface area contributed by atoms with Crippen LogP contribution in [0.25, 0.3) is 69.9 Å². The van der Waals surface area contributed by atoms with Gasteiger partial charge in [0.15, 0.2) is 0 Å². The molecule has 1 aliphatic rings. The third-order valence-electron chi connectivity index (χ3n) is 9.65. The molecular formula is C41H25N3S. The fourth-order valence-corrected chi connectivity index (χ4v) is 8.58. The SMILES string of the molecule is CC1(C)c2ccccc2-c2cc3c(cc21)sc1ccc(-c2cc(C#N)ccc2-n2c4ccccc4c4cc(C#N)ccc42)cc13. The molecule has 45 heavy (non-hydrogen) atoms. The molecule has 6 aromatic carbocycles. The molecule has 4 heteroatoms. The molecular weight excluding hydrogens is 567 g/mol. The van der Waals surface area contributed by atoms with Gasteiger partial charge in [-0.3, -0.25) is 0 Å². The topological polar surface area (TPSA) is 52.5 Å². The van der Waals surface area contributed by atoms with Gasteiger partial charge < -0.3 is 4.57 Å². The summed E-state index contributed by atoms with van der Waals surface area (Å²) in [5.41, 5.74) is 11.8. The number of para-hydroxylation sites is 1. The molecule has 0 spiro atoms. The summed E-state index contributed by atoms with van der Waals surface area (Å²) in [4.78, 5) is 0. The van der Waals surface area contributed by atoms with Crippen molar-refractivity contribution in [2.24, 2.45) is 0 Å². The van der Waals surface area contributed by atoms with Gasteiger partial charge in [-0.1, -0.05) is 62.4 Å². The zero-order valence-electron chi connectivity index (χ0n) is 24.7. The molecule has 0 aliphatic heterocycles. The summed E-state index contributed by atoms with van der Waals surface area (Å²) in [6, 6.07) is 45.1. The second-order valence-corrected chi connectivity index (χ2v) is 13.5. The Morgan fingerprint density at radius 3 is 2.16 bits per heavy atom. The summed E-state index contributed by atoms with van der Waals surface area (Å²) in [5, 5.41) is 24.2. The molecule has 1 aliphatic carbocycles. The quantitative estimate of drug-likeness (QED) is 0.201. The van der Waals surface area contributed by atoms with Crippen LogP contribution < -0.4 is 0 Å². The van der Waals surface area contributed by atoms with Crippen LogP contribution in [-0.4, -0.2) is 4.57 Å². The van der Waals surface area contributed by atoms with Crippen LogP contribution in [0, 0.1) is 22.7 Å². The van der Waals surface area contributed by atoms with E-state index >= 15 is 0 Å². The van der Waals surface area contributed by atoms with Crippen LogP contribution in [0.2, 0.25) is 0 Å². The summed E-state index contributed by atoms with van der Waals surface area (Å²) < 4.78 is 4.82. The Hall–Kier alpha value is -5.68. The predicted molar refractivity (Wildman–Crippen MR) is 186 cm³/mol. The van der Waals surface area contributed by atoms with Gasteiger partial charge in [0.2, 0.25) is 0 Å². The number of thiophene rings is 1. The average Bonchev–Trinajstić information content (AvgIpc) is 3.68. The lowest BCUT2D eigenvalue weighted by molar-refractivity contribution is 0.661. The van der Waals surface area contributed by atoms with Crippen molar-refractivity contribution in [3.63, 3.8) is 0 Å². The van der Waals surface area contributed by atoms with Gasteiger partial charge in [-0.15, -0.1) is 11.3 Å². The van der Waals surface area contributed by atoms with Gasteiger partial charge in [-0.25, -0.2) is 0 Å². The minimum Gasteiger partial charge on any atom is -0.309 e. The van der Waals surface area contributed by atoms with Crippen LogP contribution >= 0.6 is 11.3 Å². The fraction of sp³-hybridized carbons (Fsp3) is 0.0732. The number of hydrogen-bond acceptors (Lipinski definition) is 3. The lowest BCUT2D eigenvalue weighted by Gasteiger charge is -2.21. The molecule has 0 saturated heterocycles. The monoisotopic (exact) mass is 591 g/mol. The number of aromatic nitrogens is 1. The zero-order valence-corrected chi connectivity index (χ0v) is 25.5. The minimum absolute atomic E-state index is 0.0373. The third kappa shape index (κ3) is 3.55. The standard InChI is InChI=1S/C41H25N3S/c1-41(2)34-9-5-3-7-27(34)30-20-33-32-19-26(13-16-39(32)45-40(33)21-35(30)41)29-17-24(22-42)11-14-37(29)44-36-10-6-4-8-28(36)31-18-25(23-43)12-15-38(31)44/h3-21H,1-2H3. The zero-order chi connectivity index (χ0) is 30.4. The smallest absolute Gasteiger partial charge is 0.0991 e. The van der Waals surface area contributed by atoms with Crippen molar-refractivity contribution in [2.75, 3.05) is 0 Å². The number of rotatable bonds is 2. The molecule has 3 nitrogen and oxygen atoms in total. The van der Waals surface area contributed by atoms with Gasteiger partial charge >= 0.3 is 0 Å². The summed E-state index contributed by atoms with van der Waals surface area (Å²) in [5.74, 6) is 0. The Labute approximate surface area is 264 Å². The molecule has 0 saturated carbocycles. The second-order valence-electron chi connectivity index (χ2n) is 12.4. The largest absolute Gasteiger partial charge is 0.309 e. The summed E-state index contributed by atoms with van der Waals surface area (Å²) in [6.07, 6.45) is 0. The Balaban J connectivity index is 1.31. The highest BCUT2D eigenvalue weighted by Gasteiger charge is 2.35. The number of benzene rings is 6. The minimum atomic E-state index is -0.0373. The summed E-state index contributed by atoms with van der Waals surface area (Å²) in [7, 11) is 0. The maximum Gasteiger partial charge on any atom is 0.0991 e. The molecule has 8 aromatic rings. The van der Waals surface area contributed by atoms with Crippen LogP contribution in [0.5, 0.6) is 0 Å². The van der Waals surface area contributed by atoms with Crippen LogP contribution in [0.1, 0.15) is 36.1 Å². The van der Waals surface area contributed by atoms with Gasteiger partial charge in [0.25, 0.3) is 0 Å². The first-order valence-electron chi connectivity index (χ1n) is 15.0. The van der Waals surface area contributed by atoms with E-state index in [-0.39, 0.29) is 5.41 Å². The molecule has 2 aromatic heterocycles. The maximum atomic E-state index is 9.94. The van der Waals surface area contributed by atoms with E-state index in [1.54, 1.807) is 0 Å². The van der Waals surface area contributed by atoms with E-state index in [1.165, 1.54) is 42.4 Å². The van der Waals surface area contributed by atoms with E-state index < -0.39 is 0 Å². The van der Waals surface area contributed by atoms with Crippen molar-refractivity contribution in [3.05, 3.63) is 138 Å². The Kier molecular flexibility index (Phi) is 5.25. The van der Waals surface area contributed by atoms with E-state index in [0.717, 1.165) is 38.6 Å². The molecule has 210 valence electrons. The van der Waals surface area contributed by atoms with E-state index in [1.807, 2.05) is 53.8 Å². The maximum absolute atomic E-state index is 9.94. The van der Waals surface area contributed by atoms with Crippen molar-refractivity contribution in [1.29, 1.82) is 10.5 Å². The molecule has 0 unspecified atom stereocenters. The van der Waals surface area contributed by atoms with E-state index in [0.29, 0.717) is 11.1 Å². The van der Waals surface area contributed by atoms with Crippen LogP contribution in [0.4, 0.5) is 0 Å². The highest BCUT2D eigenvalue weighted by Crippen LogP contribution is 2.51. The fourth-order valence-electron chi connectivity index (χ4n) is 7.47. The van der Waals surface area contributed by atoms with Gasteiger partial charge in [-0.2, -0.15) is 10.5 Å². The molecule has 0 N–H and O–H groups in total. The normalized spacial score (nSPS) is 13.2. The van der Waals surface area contributed by atoms with Crippen molar-refractivity contribution >= 4 is 53.3 Å². The first-order chi connectivity index (χ1) is 22.0. The van der Waals surface area contributed by atoms with Gasteiger partial charge in [-0.05, 0) is 94.5 Å². The highest BCUT2D eigenvalue weighted by atomic mass is 32.1. The predicted octanol–water partition coefficient (Wildman–Crippen LogP) is 10.9. The molecule has 0 atom stereocenters. The average molecular weight is 592 g/mol. The molecule has 2 heterocycles. The molecule has 0 bridgehead atoms. The lowest BCUT2D eigenvalue weighted by atomic mass is 9.82. The summed E-state index contributed by atoms with van der Waals surface area (Å²) >= 11 is 1.84. The first-order valence-corrected chi connectivity index (χ1v) is 15.9. The van der Waals surface area contributed by atoms with E-state index in [9.17, 15) is 10.5 Å². The highest BCUT2D eigenvalue weighted by molar-refractivity contribution is 7.25. The van der Waals surface area contributed by atoms with Crippen LogP contribution in [0.15, 0.2) is 115 Å². The Morgan fingerprint density at radius 1 is 0.556 bits per heavy atom. The van der Waals surface area contributed by atoms with E-state index in [2.05, 4.69) is 103 Å². The summed E-state index contributed by atoms with van der Waals surface area (Å²) in [6.45, 7) is 4.66. The van der Waals surface area contributed by atoms with Crippen molar-refractivity contribution < 1.29 is 0 Å². The first kappa shape index (κ1) is 25.8. The Bertz CT molecular complexity index is 2650. The van der Waals surface area contributed by atoms with Crippen LogP contribution in [0.3, 0.4) is 0 Å². The van der Waals surface area contributed by atoms with Crippen LogP contribution in [-0.2, 0) is 5.41 Å². The van der Waals surface area contributed by atoms with Gasteiger partial charge in [0.05, 0.1) is 40.0 Å². The van der Waals surface area contributed by atoms with Crippen molar-refractivity contribution in [1.82, 2.24) is 4.57 Å². The third-order valence-corrected chi connectivity index (χ3v) is 10.8. The lowest BCUT2D eigenvalue weighted by Crippen LogP contribution is -2.14. The van der Waals surface area contributed by atoms with E-state index in [4.69, 9.17) is 0 Å². The molecule has 0 fully saturated rings. The number of fused-ring (bicyclic) bond motifs is 9. The number of nitriles is 2.